The molecule has 3 aromatic rings. The molecule has 3 heterocycles. The van der Waals surface area contributed by atoms with E-state index < -0.39 is 0 Å². The Balaban J connectivity index is 1.41. The summed E-state index contributed by atoms with van der Waals surface area (Å²) in [5.74, 6) is 0.597. The van der Waals surface area contributed by atoms with E-state index in [2.05, 4.69) is 39.4 Å². The predicted molar refractivity (Wildman–Crippen MR) is 101 cm³/mol. The number of carbonyl (C=O) groups is 1. The lowest BCUT2D eigenvalue weighted by Crippen LogP contribution is -2.32. The smallest absolute Gasteiger partial charge is 0.274 e. The highest BCUT2D eigenvalue weighted by atomic mass is 16.2. The van der Waals surface area contributed by atoms with Crippen molar-refractivity contribution in [1.29, 1.82) is 0 Å². The lowest BCUT2D eigenvalue weighted by atomic mass is 9.92. The molecule has 1 atom stereocenters. The van der Waals surface area contributed by atoms with Crippen molar-refractivity contribution in [2.45, 2.75) is 25.7 Å². The van der Waals surface area contributed by atoms with Gasteiger partial charge in [-0.25, -0.2) is 0 Å². The van der Waals surface area contributed by atoms with Crippen LogP contribution in [0.2, 0.25) is 0 Å². The van der Waals surface area contributed by atoms with Crippen molar-refractivity contribution in [2.24, 2.45) is 5.92 Å². The summed E-state index contributed by atoms with van der Waals surface area (Å²) in [4.78, 5) is 18.9. The van der Waals surface area contributed by atoms with E-state index in [4.69, 9.17) is 0 Å². The summed E-state index contributed by atoms with van der Waals surface area (Å²) in [5.41, 5.74) is 2.83. The van der Waals surface area contributed by atoms with Crippen molar-refractivity contribution >= 4 is 16.8 Å². The van der Waals surface area contributed by atoms with E-state index in [1.54, 1.807) is 18.3 Å². The first-order valence-electron chi connectivity index (χ1n) is 9.20. The summed E-state index contributed by atoms with van der Waals surface area (Å²) in [7, 11) is 0. The quantitative estimate of drug-likeness (QED) is 0.728. The zero-order chi connectivity index (χ0) is 17.8. The van der Waals surface area contributed by atoms with Crippen molar-refractivity contribution in [3.63, 3.8) is 0 Å². The van der Waals surface area contributed by atoms with Gasteiger partial charge in [0.2, 0.25) is 0 Å². The van der Waals surface area contributed by atoms with Crippen molar-refractivity contribution < 1.29 is 4.79 Å². The van der Waals surface area contributed by atoms with Crippen LogP contribution in [0.1, 0.15) is 35.3 Å². The number of fused-ring (bicyclic) bond motifs is 1. The Morgan fingerprint density at radius 3 is 2.88 bits per heavy atom. The number of hydrogen-bond donors (Lipinski definition) is 0. The molecule has 0 radical (unpaired) electrons. The standard InChI is InChI=1S/C21H22N4O/c26-21(20-6-2-11-23-24-20)25-12-3-4-16(9-13-25)14-17-7-8-19-18(15-17)5-1-10-22-19/h1-2,5-8,10-11,15-16H,3-4,9,12-14H2/t16-/m1/s1. The summed E-state index contributed by atoms with van der Waals surface area (Å²) in [5, 5.41) is 8.96. The first-order valence-corrected chi connectivity index (χ1v) is 9.20. The average molecular weight is 346 g/mol. The van der Waals surface area contributed by atoms with Crippen LogP contribution in [-0.4, -0.2) is 39.1 Å². The Morgan fingerprint density at radius 2 is 2.00 bits per heavy atom. The van der Waals surface area contributed by atoms with Gasteiger partial charge in [-0.05, 0) is 67.5 Å². The summed E-state index contributed by atoms with van der Waals surface area (Å²) < 4.78 is 0. The number of likely N-dealkylation sites (tertiary alicyclic amines) is 1. The van der Waals surface area contributed by atoms with Crippen molar-refractivity contribution in [3.05, 3.63) is 66.1 Å². The fourth-order valence-electron chi connectivity index (χ4n) is 3.74. The van der Waals surface area contributed by atoms with Crippen LogP contribution in [0.15, 0.2) is 54.9 Å². The number of pyridine rings is 1. The third-order valence-corrected chi connectivity index (χ3v) is 5.12. The Bertz CT molecular complexity index is 897. The van der Waals surface area contributed by atoms with E-state index >= 15 is 0 Å². The Labute approximate surface area is 153 Å². The van der Waals surface area contributed by atoms with Gasteiger partial charge in [-0.3, -0.25) is 9.78 Å². The Hall–Kier alpha value is -2.82. The summed E-state index contributed by atoms with van der Waals surface area (Å²) in [6.45, 7) is 1.59. The van der Waals surface area contributed by atoms with Crippen LogP contribution in [0.3, 0.4) is 0 Å². The molecular formula is C21H22N4O. The van der Waals surface area contributed by atoms with E-state index in [0.717, 1.165) is 44.3 Å². The van der Waals surface area contributed by atoms with Crippen LogP contribution in [0, 0.1) is 5.92 Å². The molecule has 132 valence electrons. The van der Waals surface area contributed by atoms with Crippen LogP contribution in [-0.2, 0) is 6.42 Å². The molecule has 1 aromatic carbocycles. The van der Waals surface area contributed by atoms with Gasteiger partial charge in [0.1, 0.15) is 0 Å². The van der Waals surface area contributed by atoms with Gasteiger partial charge >= 0.3 is 0 Å². The van der Waals surface area contributed by atoms with Gasteiger partial charge in [0.25, 0.3) is 5.91 Å². The van der Waals surface area contributed by atoms with Crippen LogP contribution >= 0.6 is 0 Å². The van der Waals surface area contributed by atoms with E-state index in [-0.39, 0.29) is 5.91 Å². The molecule has 26 heavy (non-hydrogen) atoms. The molecule has 1 aliphatic heterocycles. The maximum atomic E-state index is 12.6. The van der Waals surface area contributed by atoms with Gasteiger partial charge in [0.05, 0.1) is 5.52 Å². The first-order chi connectivity index (χ1) is 12.8. The third kappa shape index (κ3) is 3.72. The molecule has 5 nitrogen and oxygen atoms in total. The number of hydrogen-bond acceptors (Lipinski definition) is 4. The molecule has 2 aromatic heterocycles. The monoisotopic (exact) mass is 346 g/mol. The highest BCUT2D eigenvalue weighted by molar-refractivity contribution is 5.92. The molecule has 0 bridgehead atoms. The normalized spacial score (nSPS) is 17.8. The molecule has 1 amide bonds. The number of benzene rings is 1. The van der Waals surface area contributed by atoms with Gasteiger partial charge in [0.15, 0.2) is 5.69 Å². The molecule has 0 aliphatic carbocycles. The molecule has 0 N–H and O–H groups in total. The second-order valence-corrected chi connectivity index (χ2v) is 6.93. The molecule has 4 rings (SSSR count). The van der Waals surface area contributed by atoms with Gasteiger partial charge in [-0.1, -0.05) is 12.1 Å². The molecule has 1 saturated heterocycles. The maximum Gasteiger partial charge on any atom is 0.274 e. The number of rotatable bonds is 3. The highest BCUT2D eigenvalue weighted by Gasteiger charge is 2.22. The molecule has 0 saturated carbocycles. The minimum Gasteiger partial charge on any atom is -0.337 e. The van der Waals surface area contributed by atoms with E-state index in [0.29, 0.717) is 11.6 Å². The van der Waals surface area contributed by atoms with E-state index in [1.807, 2.05) is 17.2 Å². The largest absolute Gasteiger partial charge is 0.337 e. The van der Waals surface area contributed by atoms with E-state index in [9.17, 15) is 4.79 Å². The lowest BCUT2D eigenvalue weighted by Gasteiger charge is -2.20. The van der Waals surface area contributed by atoms with Crippen molar-refractivity contribution in [1.82, 2.24) is 20.1 Å². The second kappa shape index (κ2) is 7.60. The second-order valence-electron chi connectivity index (χ2n) is 6.93. The van der Waals surface area contributed by atoms with Gasteiger partial charge in [0, 0.05) is 30.9 Å². The van der Waals surface area contributed by atoms with Crippen LogP contribution in [0.4, 0.5) is 0 Å². The molecule has 0 spiro atoms. The maximum absolute atomic E-state index is 12.6. The van der Waals surface area contributed by atoms with E-state index in [1.165, 1.54) is 10.9 Å². The molecule has 1 aliphatic rings. The van der Waals surface area contributed by atoms with Gasteiger partial charge in [-0.2, -0.15) is 5.10 Å². The van der Waals surface area contributed by atoms with Crippen LogP contribution in [0.25, 0.3) is 10.9 Å². The molecular weight excluding hydrogens is 324 g/mol. The third-order valence-electron chi connectivity index (χ3n) is 5.12. The highest BCUT2D eigenvalue weighted by Crippen LogP contribution is 2.24. The summed E-state index contributed by atoms with van der Waals surface area (Å²) in [6, 6.07) is 14.1. The Morgan fingerprint density at radius 1 is 1.08 bits per heavy atom. The topological polar surface area (TPSA) is 59.0 Å². The fourth-order valence-corrected chi connectivity index (χ4v) is 3.74. The van der Waals surface area contributed by atoms with Gasteiger partial charge < -0.3 is 4.90 Å². The average Bonchev–Trinajstić information content (AvgIpc) is 2.93. The number of nitrogens with zero attached hydrogens (tertiary/aromatic N) is 4. The molecule has 0 unspecified atom stereocenters. The minimum atomic E-state index is -0.00414. The minimum absolute atomic E-state index is 0.00414. The van der Waals surface area contributed by atoms with Crippen molar-refractivity contribution in [3.8, 4) is 0 Å². The van der Waals surface area contributed by atoms with Crippen LogP contribution < -0.4 is 0 Å². The number of amides is 1. The molecule has 5 heteroatoms. The SMILES string of the molecule is O=C(c1cccnn1)N1CCC[C@@H](Cc2ccc3ncccc3c2)CC1. The Kier molecular flexibility index (Phi) is 4.86. The lowest BCUT2D eigenvalue weighted by molar-refractivity contribution is 0.0753. The predicted octanol–water partition coefficient (Wildman–Crippen LogP) is 3.51. The zero-order valence-corrected chi connectivity index (χ0v) is 14.7. The molecule has 1 fully saturated rings. The number of carbonyl (C=O) groups excluding carboxylic acids is 1. The zero-order valence-electron chi connectivity index (χ0n) is 14.7. The van der Waals surface area contributed by atoms with Crippen LogP contribution in [0.5, 0.6) is 0 Å². The fraction of sp³-hybridized carbons (Fsp3) is 0.333. The summed E-state index contributed by atoms with van der Waals surface area (Å²) in [6.07, 6.45) is 7.68. The first kappa shape index (κ1) is 16.6. The number of aromatic nitrogens is 3. The van der Waals surface area contributed by atoms with Gasteiger partial charge in [-0.15, -0.1) is 5.10 Å². The summed E-state index contributed by atoms with van der Waals surface area (Å²) >= 11 is 0. The van der Waals surface area contributed by atoms with Crippen molar-refractivity contribution in [2.75, 3.05) is 13.1 Å².